The largest absolute Gasteiger partial charge is 0.497 e. The zero-order valence-corrected chi connectivity index (χ0v) is 40.1. The predicted molar refractivity (Wildman–Crippen MR) is 249 cm³/mol. The van der Waals surface area contributed by atoms with E-state index in [1.165, 1.54) is 7.11 Å². The zero-order valence-electron chi connectivity index (χ0n) is 38.3. The Hall–Kier alpha value is -3.60. The van der Waals surface area contributed by atoms with Crippen LogP contribution in [0.5, 0.6) is 5.75 Å². The van der Waals surface area contributed by atoms with E-state index in [1.807, 2.05) is 103 Å². The van der Waals surface area contributed by atoms with E-state index >= 15 is 0 Å². The molecule has 13 heteroatoms. The Bertz CT molecular complexity index is 2000. The minimum atomic E-state index is -2.30. The molecule has 7 rings (SSSR count). The van der Waals surface area contributed by atoms with Crippen molar-refractivity contribution < 1.29 is 51.9 Å². The Morgan fingerprint density at radius 3 is 2.03 bits per heavy atom. The van der Waals surface area contributed by atoms with E-state index in [4.69, 9.17) is 47.1 Å². The van der Waals surface area contributed by atoms with E-state index in [0.717, 1.165) is 27.3 Å². The van der Waals surface area contributed by atoms with Gasteiger partial charge in [-0.05, 0) is 53.5 Å². The number of rotatable bonds is 19. The number of thioether (sulfide) groups is 1. The summed E-state index contributed by atoms with van der Waals surface area (Å²) >= 11 is 1.63. The second kappa shape index (κ2) is 22.7. The first-order valence-electron chi connectivity index (χ1n) is 22.5. The summed E-state index contributed by atoms with van der Waals surface area (Å²) in [7, 11) is 0.754. The molecule has 0 bridgehead atoms. The fraction of sp³-hybridized carbons (Fsp3) is 0.510. The molecule has 64 heavy (non-hydrogen) atoms. The van der Waals surface area contributed by atoms with Gasteiger partial charge in [-0.3, -0.25) is 4.79 Å². The molecule has 4 aromatic carbocycles. The first-order valence-corrected chi connectivity index (χ1v) is 26.3. The molecular weight excluding hydrogens is 849 g/mol. The average molecular weight is 915 g/mol. The van der Waals surface area contributed by atoms with Crippen molar-refractivity contribution in [2.24, 2.45) is 0 Å². The number of esters is 1. The number of methoxy groups -OCH3 is 2. The van der Waals surface area contributed by atoms with E-state index in [2.05, 4.69) is 46.0 Å². The second-order valence-electron chi connectivity index (χ2n) is 18.3. The lowest BCUT2D eigenvalue weighted by Crippen LogP contribution is -2.58. The molecule has 4 aromatic rings. The van der Waals surface area contributed by atoms with Gasteiger partial charge >= 0.3 is 5.97 Å². The Kier molecular flexibility index (Phi) is 17.2. The summed E-state index contributed by atoms with van der Waals surface area (Å²) in [6.07, 6.45) is -2.13. The molecule has 1 unspecified atom stereocenters. The summed E-state index contributed by atoms with van der Waals surface area (Å²) in [5, 5.41) is -0.0398. The van der Waals surface area contributed by atoms with Crippen molar-refractivity contribution in [3.05, 3.63) is 132 Å². The fourth-order valence-electron chi connectivity index (χ4n) is 8.06. The van der Waals surface area contributed by atoms with Crippen LogP contribution in [0.1, 0.15) is 69.4 Å². The van der Waals surface area contributed by atoms with Crippen LogP contribution >= 0.6 is 11.8 Å². The second-order valence-corrected chi connectivity index (χ2v) is 24.3. The quantitative estimate of drug-likeness (QED) is 0.0387. The van der Waals surface area contributed by atoms with Crippen molar-refractivity contribution in [3.8, 4) is 5.75 Å². The molecule has 0 aromatic heterocycles. The molecule has 0 radical (unpaired) electrons. The molecule has 3 aliphatic heterocycles. The Morgan fingerprint density at radius 1 is 0.734 bits per heavy atom. The normalized spacial score (nSPS) is 26.7. The summed E-state index contributed by atoms with van der Waals surface area (Å²) in [6, 6.07) is 38.1. The van der Waals surface area contributed by atoms with E-state index in [0.29, 0.717) is 39.1 Å². The monoisotopic (exact) mass is 914 g/mol. The van der Waals surface area contributed by atoms with Crippen LogP contribution in [0.2, 0.25) is 18.1 Å². The van der Waals surface area contributed by atoms with Crippen LogP contribution < -0.4 is 4.74 Å². The van der Waals surface area contributed by atoms with Crippen molar-refractivity contribution >= 4 is 26.0 Å². The standard InChI is InChI=1S/C51H66O11SSi/c1-51(2,3)64(6,7)62-45-28-42-47(34-57-50(61-42)37-23-25-38(53-4)26-24-37)59-44(45)30-49(63-39-21-15-10-16-22-39)60-41-27-40(56-32-36-19-13-9-14-20-36)46(58-43(41)29-48(52)54-5)33-55-31-35-17-11-8-12-18-35/h8-26,40-47,49-50H,27-34H2,1-7H3/t40-,41+,42+,43-,44+,45-,46+,47-,49?,50-/m1/s1. The third-order valence-corrected chi connectivity index (χ3v) is 18.3. The van der Waals surface area contributed by atoms with Gasteiger partial charge < -0.3 is 47.1 Å². The number of carbonyl (C=O) groups is 1. The number of carbonyl (C=O) groups excluding carboxylic acids is 1. The highest BCUT2D eigenvalue weighted by atomic mass is 32.2. The molecule has 10 atom stereocenters. The third-order valence-electron chi connectivity index (χ3n) is 12.7. The average Bonchev–Trinajstić information content (AvgIpc) is 3.29. The van der Waals surface area contributed by atoms with E-state index in [-0.39, 0.29) is 48.5 Å². The molecule has 0 spiro atoms. The van der Waals surface area contributed by atoms with E-state index < -0.39 is 44.5 Å². The number of benzene rings is 4. The van der Waals surface area contributed by atoms with Crippen LogP contribution in [-0.4, -0.2) is 96.0 Å². The van der Waals surface area contributed by atoms with Gasteiger partial charge in [-0.15, -0.1) is 0 Å². The van der Waals surface area contributed by atoms with Crippen LogP contribution in [0, 0.1) is 0 Å². The van der Waals surface area contributed by atoms with Gasteiger partial charge in [-0.25, -0.2) is 0 Å². The maximum atomic E-state index is 13.1. The van der Waals surface area contributed by atoms with Crippen molar-refractivity contribution in [1.29, 1.82) is 0 Å². The summed E-state index contributed by atoms with van der Waals surface area (Å²) in [5.74, 6) is 0.391. The van der Waals surface area contributed by atoms with Gasteiger partial charge in [0.2, 0.25) is 0 Å². The van der Waals surface area contributed by atoms with Gasteiger partial charge in [-0.2, -0.15) is 0 Å². The maximum absolute atomic E-state index is 13.1. The number of hydrogen-bond donors (Lipinski definition) is 0. The minimum Gasteiger partial charge on any atom is -0.497 e. The summed E-state index contributed by atoms with van der Waals surface area (Å²) in [4.78, 5) is 14.1. The highest BCUT2D eigenvalue weighted by molar-refractivity contribution is 7.99. The van der Waals surface area contributed by atoms with Gasteiger partial charge in [0, 0.05) is 29.7 Å². The molecule has 0 saturated carbocycles. The maximum Gasteiger partial charge on any atom is 0.308 e. The molecule has 0 N–H and O–H groups in total. The van der Waals surface area contributed by atoms with Gasteiger partial charge in [-0.1, -0.05) is 124 Å². The lowest BCUT2D eigenvalue weighted by Gasteiger charge is -2.49. The fourth-order valence-corrected chi connectivity index (χ4v) is 10.5. The topological polar surface area (TPSA) is 109 Å². The molecule has 3 aliphatic rings. The third kappa shape index (κ3) is 13.3. The van der Waals surface area contributed by atoms with Crippen molar-refractivity contribution in [2.75, 3.05) is 27.4 Å². The van der Waals surface area contributed by atoms with E-state index in [9.17, 15) is 4.79 Å². The van der Waals surface area contributed by atoms with Gasteiger partial charge in [0.15, 0.2) is 14.6 Å². The number of hydrogen-bond acceptors (Lipinski definition) is 12. The first kappa shape index (κ1) is 48.3. The molecule has 346 valence electrons. The van der Waals surface area contributed by atoms with Crippen LogP contribution in [0.15, 0.2) is 120 Å². The molecule has 3 fully saturated rings. The SMILES string of the molecule is COC(=O)C[C@H]1O[C@@H](COCc2ccccc2)[C@H](OCc2ccccc2)C[C@@H]1OC(C[C@@H]1O[C@@H]2CO[C@@H](c3ccc(OC)cc3)O[C@H]2C[C@H]1O[Si](C)(C)C(C)(C)C)Sc1ccccc1. The summed E-state index contributed by atoms with van der Waals surface area (Å²) in [5.41, 5.74) is 2.60. The highest BCUT2D eigenvalue weighted by Crippen LogP contribution is 2.44. The van der Waals surface area contributed by atoms with Crippen LogP contribution in [0.25, 0.3) is 0 Å². The minimum absolute atomic E-state index is 0.00924. The predicted octanol–water partition coefficient (Wildman–Crippen LogP) is 10.1. The van der Waals surface area contributed by atoms with Gasteiger partial charge in [0.05, 0.1) is 83.7 Å². The molecule has 0 aliphatic carbocycles. The Balaban J connectivity index is 1.14. The molecule has 3 heterocycles. The van der Waals surface area contributed by atoms with Crippen LogP contribution in [0.3, 0.4) is 0 Å². The lowest BCUT2D eigenvalue weighted by atomic mass is 9.95. The van der Waals surface area contributed by atoms with Crippen LogP contribution in [0.4, 0.5) is 0 Å². The van der Waals surface area contributed by atoms with Crippen molar-refractivity contribution in [1.82, 2.24) is 0 Å². The molecule has 0 amide bonds. The van der Waals surface area contributed by atoms with Crippen molar-refractivity contribution in [3.63, 3.8) is 0 Å². The zero-order chi connectivity index (χ0) is 45.1. The van der Waals surface area contributed by atoms with E-state index in [1.54, 1.807) is 18.9 Å². The Labute approximate surface area is 384 Å². The number of ether oxygens (including phenoxy) is 9. The van der Waals surface area contributed by atoms with Gasteiger partial charge in [0.1, 0.15) is 23.4 Å². The van der Waals surface area contributed by atoms with Crippen molar-refractivity contribution in [2.45, 2.75) is 143 Å². The highest BCUT2D eigenvalue weighted by Gasteiger charge is 2.49. The van der Waals surface area contributed by atoms with Gasteiger partial charge in [0.25, 0.3) is 0 Å². The lowest BCUT2D eigenvalue weighted by molar-refractivity contribution is -0.302. The summed E-state index contributed by atoms with van der Waals surface area (Å²) in [6.45, 7) is 12.8. The molecule has 3 saturated heterocycles. The summed E-state index contributed by atoms with van der Waals surface area (Å²) < 4.78 is 64.9. The first-order chi connectivity index (χ1) is 30.9. The number of fused-ring (bicyclic) bond motifs is 1. The Morgan fingerprint density at radius 2 is 1.39 bits per heavy atom. The molecule has 11 nitrogen and oxygen atoms in total. The smallest absolute Gasteiger partial charge is 0.308 e. The van der Waals surface area contributed by atoms with Crippen LogP contribution in [-0.2, 0) is 60.3 Å². The molecular formula is C51H66O11SSi.